The number of carbonyl (C=O) groups excluding carboxylic acids is 1. The van der Waals surface area contributed by atoms with E-state index in [1.807, 2.05) is 36.4 Å². The van der Waals surface area contributed by atoms with Gasteiger partial charge < -0.3 is 34.1 Å². The zero-order valence-electron chi connectivity index (χ0n) is 15.8. The molecule has 2 N–H and O–H groups in total. The Labute approximate surface area is 168 Å². The van der Waals surface area contributed by atoms with E-state index in [1.165, 1.54) is 7.11 Å². The Kier molecular flexibility index (Phi) is 6.08. The van der Waals surface area contributed by atoms with Crippen molar-refractivity contribution in [3.63, 3.8) is 0 Å². The number of hydrogen-bond acceptors (Lipinski definition) is 7. The van der Waals surface area contributed by atoms with E-state index in [9.17, 15) is 9.90 Å². The van der Waals surface area contributed by atoms with Crippen molar-refractivity contribution in [3.8, 4) is 5.75 Å². The summed E-state index contributed by atoms with van der Waals surface area (Å²) >= 11 is 0. The Morgan fingerprint density at radius 3 is 2.45 bits per heavy atom. The van der Waals surface area contributed by atoms with Crippen molar-refractivity contribution in [3.05, 3.63) is 66.2 Å². The summed E-state index contributed by atoms with van der Waals surface area (Å²) in [5.41, 5.74) is 0.833. The molecule has 2 aromatic rings. The Hall–Kier alpha value is -2.49. The lowest BCUT2D eigenvalue weighted by atomic mass is 9.96. The van der Waals surface area contributed by atoms with Gasteiger partial charge in [-0.2, -0.15) is 0 Å². The van der Waals surface area contributed by atoms with Crippen molar-refractivity contribution in [2.24, 2.45) is 0 Å². The van der Waals surface area contributed by atoms with Crippen LogP contribution in [0.3, 0.4) is 0 Å². The molecule has 6 atom stereocenters. The van der Waals surface area contributed by atoms with Crippen molar-refractivity contribution in [1.82, 2.24) is 5.32 Å². The van der Waals surface area contributed by atoms with Gasteiger partial charge in [-0.15, -0.1) is 0 Å². The van der Waals surface area contributed by atoms with Gasteiger partial charge in [0.1, 0.15) is 30.1 Å². The van der Waals surface area contributed by atoms with Crippen molar-refractivity contribution in [2.45, 2.75) is 36.9 Å². The number of ether oxygens (including phenoxy) is 5. The average Bonchev–Trinajstić information content (AvgIpc) is 2.76. The molecule has 2 aliphatic heterocycles. The molecular weight excluding hydrogens is 378 g/mol. The first-order valence-electron chi connectivity index (χ1n) is 9.37. The van der Waals surface area contributed by atoms with Gasteiger partial charge in [0, 0.05) is 12.7 Å². The number of fused-ring (bicyclic) bond motifs is 1. The van der Waals surface area contributed by atoms with E-state index in [0.29, 0.717) is 5.75 Å². The molecule has 154 valence electrons. The molecule has 1 unspecified atom stereocenters. The van der Waals surface area contributed by atoms with Gasteiger partial charge in [0.2, 0.25) is 0 Å². The van der Waals surface area contributed by atoms with Gasteiger partial charge in [0.25, 0.3) is 0 Å². The maximum atomic E-state index is 12.3. The Bertz CT molecular complexity index is 803. The van der Waals surface area contributed by atoms with E-state index in [2.05, 4.69) is 5.32 Å². The third-order valence-electron chi connectivity index (χ3n) is 4.91. The van der Waals surface area contributed by atoms with Crippen LogP contribution in [0.1, 0.15) is 11.9 Å². The smallest absolute Gasteiger partial charge is 0.410 e. The third-order valence-corrected chi connectivity index (χ3v) is 4.91. The molecule has 2 fully saturated rings. The summed E-state index contributed by atoms with van der Waals surface area (Å²) in [5.74, 6) is 0.384. The molecule has 2 aromatic carbocycles. The maximum absolute atomic E-state index is 12.3. The molecule has 4 rings (SSSR count). The molecule has 0 spiro atoms. The Morgan fingerprint density at radius 1 is 1.07 bits per heavy atom. The van der Waals surface area contributed by atoms with Crippen molar-refractivity contribution in [1.29, 1.82) is 0 Å². The molecule has 2 heterocycles. The summed E-state index contributed by atoms with van der Waals surface area (Å²) in [6, 6.07) is 17.2. The molecule has 0 aromatic heterocycles. The van der Waals surface area contributed by atoms with Crippen LogP contribution in [-0.4, -0.2) is 55.6 Å². The number of carbonyl (C=O) groups is 1. The number of aliphatic hydroxyl groups excluding tert-OH is 1. The van der Waals surface area contributed by atoms with Crippen molar-refractivity contribution >= 4 is 6.09 Å². The fraction of sp³-hybridized carbons (Fsp3) is 0.381. The third kappa shape index (κ3) is 4.42. The van der Waals surface area contributed by atoms with Crippen LogP contribution in [0.25, 0.3) is 0 Å². The molecule has 8 nitrogen and oxygen atoms in total. The van der Waals surface area contributed by atoms with Gasteiger partial charge in [0.05, 0.1) is 6.61 Å². The summed E-state index contributed by atoms with van der Waals surface area (Å²) in [6.45, 7) is 0.225. The molecular formula is C21H23NO7. The summed E-state index contributed by atoms with van der Waals surface area (Å²) < 4.78 is 28.1. The predicted octanol–water partition coefficient (Wildman–Crippen LogP) is 1.99. The highest BCUT2D eigenvalue weighted by atomic mass is 16.7. The molecule has 0 bridgehead atoms. The highest BCUT2D eigenvalue weighted by Gasteiger charge is 2.50. The number of amides is 1. The minimum atomic E-state index is -1.09. The van der Waals surface area contributed by atoms with E-state index >= 15 is 0 Å². The largest absolute Gasteiger partial charge is 0.413 e. The molecule has 0 saturated carbocycles. The molecule has 2 aliphatic rings. The van der Waals surface area contributed by atoms with Crippen LogP contribution in [0.2, 0.25) is 0 Å². The minimum Gasteiger partial charge on any atom is -0.410 e. The maximum Gasteiger partial charge on any atom is 0.413 e. The van der Waals surface area contributed by atoms with Crippen LogP contribution >= 0.6 is 0 Å². The van der Waals surface area contributed by atoms with Gasteiger partial charge in [-0.25, -0.2) is 4.79 Å². The van der Waals surface area contributed by atoms with Gasteiger partial charge in [-0.1, -0.05) is 48.5 Å². The number of rotatable bonds is 4. The zero-order chi connectivity index (χ0) is 20.2. The Morgan fingerprint density at radius 2 is 1.76 bits per heavy atom. The van der Waals surface area contributed by atoms with Gasteiger partial charge in [-0.3, -0.25) is 0 Å². The van der Waals surface area contributed by atoms with Crippen LogP contribution in [0.5, 0.6) is 5.75 Å². The second-order valence-electron chi connectivity index (χ2n) is 6.82. The average molecular weight is 401 g/mol. The molecule has 1 amide bonds. The number of aliphatic hydroxyl groups is 1. The van der Waals surface area contributed by atoms with Crippen LogP contribution in [-0.2, 0) is 18.9 Å². The quantitative estimate of drug-likeness (QED) is 0.809. The lowest BCUT2D eigenvalue weighted by Gasteiger charge is -2.47. The normalized spacial score (nSPS) is 31.5. The number of benzene rings is 2. The minimum absolute atomic E-state index is 0.225. The monoisotopic (exact) mass is 401 g/mol. The van der Waals surface area contributed by atoms with Crippen LogP contribution < -0.4 is 10.1 Å². The standard InChI is InChI=1S/C21H23NO7/c1-25-20-16(22-21(24)27-14-10-6-3-7-11-14)17(23)18-15(28-20)12-26-19(29-18)13-8-4-2-5-9-13/h2-11,15-20,23H,12H2,1H3,(H,22,24)/t15-,16-,17-,18-,19?,20+/m1/s1. The van der Waals surface area contributed by atoms with Gasteiger partial charge >= 0.3 is 6.09 Å². The summed E-state index contributed by atoms with van der Waals surface area (Å²) in [7, 11) is 1.44. The summed E-state index contributed by atoms with van der Waals surface area (Å²) in [4.78, 5) is 12.3. The lowest BCUT2D eigenvalue weighted by Crippen LogP contribution is -2.66. The fourth-order valence-electron chi connectivity index (χ4n) is 3.49. The number of nitrogens with one attached hydrogen (secondary N) is 1. The van der Waals surface area contributed by atoms with Crippen LogP contribution in [0.15, 0.2) is 60.7 Å². The van der Waals surface area contributed by atoms with E-state index in [-0.39, 0.29) is 6.61 Å². The number of methoxy groups -OCH3 is 1. The van der Waals surface area contributed by atoms with Gasteiger partial charge in [0.15, 0.2) is 12.6 Å². The van der Waals surface area contributed by atoms with Crippen LogP contribution in [0, 0.1) is 0 Å². The van der Waals surface area contributed by atoms with E-state index in [0.717, 1.165) is 5.56 Å². The molecule has 0 aliphatic carbocycles. The summed E-state index contributed by atoms with van der Waals surface area (Å²) in [6.07, 6.45) is -4.56. The van der Waals surface area contributed by atoms with Gasteiger partial charge in [-0.05, 0) is 12.1 Å². The Balaban J connectivity index is 1.45. The first-order chi connectivity index (χ1) is 14.2. The molecule has 8 heteroatoms. The van der Waals surface area contributed by atoms with Crippen molar-refractivity contribution in [2.75, 3.05) is 13.7 Å². The SMILES string of the molecule is CO[C@H]1O[C@@H]2COC(c3ccccc3)O[C@H]2[C@H](O)[C@H]1NC(=O)Oc1ccccc1. The second kappa shape index (κ2) is 8.89. The molecule has 2 saturated heterocycles. The topological polar surface area (TPSA) is 95.5 Å². The number of para-hydroxylation sites is 1. The van der Waals surface area contributed by atoms with E-state index in [4.69, 9.17) is 23.7 Å². The lowest BCUT2D eigenvalue weighted by molar-refractivity contribution is -0.341. The fourth-order valence-corrected chi connectivity index (χ4v) is 3.49. The highest BCUT2D eigenvalue weighted by Crippen LogP contribution is 2.34. The zero-order valence-corrected chi connectivity index (χ0v) is 15.8. The molecule has 0 radical (unpaired) electrons. The van der Waals surface area contributed by atoms with Crippen molar-refractivity contribution < 1.29 is 33.6 Å². The highest BCUT2D eigenvalue weighted by molar-refractivity contribution is 5.70. The van der Waals surface area contributed by atoms with E-state index < -0.39 is 43.0 Å². The second-order valence-corrected chi connectivity index (χ2v) is 6.82. The summed E-state index contributed by atoms with van der Waals surface area (Å²) in [5, 5.41) is 13.6. The first-order valence-corrected chi connectivity index (χ1v) is 9.37. The van der Waals surface area contributed by atoms with E-state index in [1.54, 1.807) is 24.3 Å². The predicted molar refractivity (Wildman–Crippen MR) is 101 cm³/mol. The molecule has 29 heavy (non-hydrogen) atoms. The first kappa shape index (κ1) is 19.8. The van der Waals surface area contributed by atoms with Crippen LogP contribution in [0.4, 0.5) is 4.79 Å². The number of hydrogen-bond donors (Lipinski definition) is 2.